The zero-order chi connectivity index (χ0) is 15.8. The molecule has 21 heavy (non-hydrogen) atoms. The molecular formula is C15H22N2O4. The summed E-state index contributed by atoms with van der Waals surface area (Å²) in [6.07, 6.45) is 0. The van der Waals surface area contributed by atoms with E-state index in [0.29, 0.717) is 13.1 Å². The summed E-state index contributed by atoms with van der Waals surface area (Å²) in [6, 6.07) is 7.16. The lowest BCUT2D eigenvalue weighted by atomic mass is 9.95. The average molecular weight is 294 g/mol. The SMILES string of the molecule is CC(NCC(C)c1ccccc1CNCC(=O)O)C(=O)O. The van der Waals surface area contributed by atoms with Gasteiger partial charge in [0.25, 0.3) is 0 Å². The lowest BCUT2D eigenvalue weighted by molar-refractivity contribution is -0.139. The number of aliphatic carboxylic acids is 2. The molecule has 4 N–H and O–H groups in total. The van der Waals surface area contributed by atoms with Crippen molar-refractivity contribution >= 4 is 11.9 Å². The smallest absolute Gasteiger partial charge is 0.320 e. The lowest BCUT2D eigenvalue weighted by Crippen LogP contribution is -2.36. The fraction of sp³-hybridized carbons (Fsp3) is 0.467. The zero-order valence-electron chi connectivity index (χ0n) is 12.3. The van der Waals surface area contributed by atoms with Crippen LogP contribution in [0, 0.1) is 0 Å². The molecule has 0 fully saturated rings. The summed E-state index contributed by atoms with van der Waals surface area (Å²) in [5.74, 6) is -1.63. The first-order valence-electron chi connectivity index (χ1n) is 6.88. The standard InChI is InChI=1S/C15H22N2O4/c1-10(7-17-11(2)15(20)21)13-6-4-3-5-12(13)8-16-9-14(18)19/h3-6,10-11,16-17H,7-9H2,1-2H3,(H,18,19)(H,20,21). The molecule has 2 unspecified atom stereocenters. The molecule has 0 radical (unpaired) electrons. The van der Waals surface area contributed by atoms with Crippen LogP contribution in [0.3, 0.4) is 0 Å². The summed E-state index contributed by atoms with van der Waals surface area (Å²) in [5.41, 5.74) is 2.11. The summed E-state index contributed by atoms with van der Waals surface area (Å²) in [4.78, 5) is 21.3. The number of hydrogen-bond donors (Lipinski definition) is 4. The second kappa shape index (κ2) is 8.39. The monoisotopic (exact) mass is 294 g/mol. The van der Waals surface area contributed by atoms with Crippen LogP contribution in [0.2, 0.25) is 0 Å². The van der Waals surface area contributed by atoms with E-state index in [1.54, 1.807) is 6.92 Å². The molecule has 0 saturated heterocycles. The molecule has 1 aromatic rings. The van der Waals surface area contributed by atoms with Crippen LogP contribution in [0.15, 0.2) is 24.3 Å². The molecule has 0 bridgehead atoms. The summed E-state index contributed by atoms with van der Waals surface area (Å²) in [5, 5.41) is 23.3. The van der Waals surface area contributed by atoms with Gasteiger partial charge in [-0.15, -0.1) is 0 Å². The van der Waals surface area contributed by atoms with E-state index in [1.165, 1.54) is 0 Å². The largest absolute Gasteiger partial charge is 0.480 e. The molecule has 6 heteroatoms. The van der Waals surface area contributed by atoms with Crippen molar-refractivity contribution in [3.8, 4) is 0 Å². The minimum absolute atomic E-state index is 0.0863. The molecule has 116 valence electrons. The Hall–Kier alpha value is -1.92. The molecule has 0 aliphatic rings. The Kier molecular flexibility index (Phi) is 6.84. The predicted molar refractivity (Wildman–Crippen MR) is 79.3 cm³/mol. The van der Waals surface area contributed by atoms with Gasteiger partial charge in [-0.1, -0.05) is 31.2 Å². The van der Waals surface area contributed by atoms with Gasteiger partial charge in [-0.3, -0.25) is 9.59 Å². The van der Waals surface area contributed by atoms with Gasteiger partial charge >= 0.3 is 11.9 Å². The molecule has 1 aromatic carbocycles. The Labute approximate surface area is 124 Å². The molecule has 0 aromatic heterocycles. The van der Waals surface area contributed by atoms with Crippen LogP contribution >= 0.6 is 0 Å². The molecular weight excluding hydrogens is 272 g/mol. The first kappa shape index (κ1) is 17.1. The summed E-state index contributed by atoms with van der Waals surface area (Å²) >= 11 is 0. The highest BCUT2D eigenvalue weighted by Crippen LogP contribution is 2.19. The van der Waals surface area contributed by atoms with E-state index in [2.05, 4.69) is 10.6 Å². The molecule has 0 aliphatic heterocycles. The minimum Gasteiger partial charge on any atom is -0.480 e. The predicted octanol–water partition coefficient (Wildman–Crippen LogP) is 1.03. The fourth-order valence-electron chi connectivity index (χ4n) is 2.03. The van der Waals surface area contributed by atoms with Crippen molar-refractivity contribution in [1.82, 2.24) is 10.6 Å². The van der Waals surface area contributed by atoms with Crippen LogP contribution < -0.4 is 10.6 Å². The Morgan fingerprint density at radius 3 is 2.48 bits per heavy atom. The van der Waals surface area contributed by atoms with E-state index >= 15 is 0 Å². The van der Waals surface area contributed by atoms with Crippen LogP contribution in [0.1, 0.15) is 30.9 Å². The Morgan fingerprint density at radius 2 is 1.86 bits per heavy atom. The van der Waals surface area contributed by atoms with Crippen molar-refractivity contribution in [3.63, 3.8) is 0 Å². The molecule has 0 heterocycles. The molecule has 6 nitrogen and oxygen atoms in total. The van der Waals surface area contributed by atoms with Crippen LogP contribution in [-0.4, -0.2) is 41.3 Å². The van der Waals surface area contributed by atoms with E-state index < -0.39 is 18.0 Å². The van der Waals surface area contributed by atoms with Crippen molar-refractivity contribution in [3.05, 3.63) is 35.4 Å². The van der Waals surface area contributed by atoms with Gasteiger partial charge < -0.3 is 20.8 Å². The second-order valence-electron chi connectivity index (χ2n) is 5.07. The van der Waals surface area contributed by atoms with E-state index in [0.717, 1.165) is 11.1 Å². The number of hydrogen-bond acceptors (Lipinski definition) is 4. The van der Waals surface area contributed by atoms with Gasteiger partial charge in [-0.2, -0.15) is 0 Å². The van der Waals surface area contributed by atoms with Gasteiger partial charge in [0, 0.05) is 13.1 Å². The first-order valence-corrected chi connectivity index (χ1v) is 6.88. The van der Waals surface area contributed by atoms with E-state index in [9.17, 15) is 9.59 Å². The van der Waals surface area contributed by atoms with Gasteiger partial charge in [0.1, 0.15) is 6.04 Å². The van der Waals surface area contributed by atoms with Gasteiger partial charge in [0.05, 0.1) is 6.54 Å². The normalized spacial score (nSPS) is 13.6. The molecule has 0 amide bonds. The number of carboxylic acids is 2. The third-order valence-corrected chi connectivity index (χ3v) is 3.28. The molecule has 2 atom stereocenters. The van der Waals surface area contributed by atoms with E-state index in [1.807, 2.05) is 31.2 Å². The minimum atomic E-state index is -0.891. The number of rotatable bonds is 9. The van der Waals surface area contributed by atoms with Crippen molar-refractivity contribution in [2.24, 2.45) is 0 Å². The maximum Gasteiger partial charge on any atom is 0.320 e. The van der Waals surface area contributed by atoms with E-state index in [4.69, 9.17) is 10.2 Å². The van der Waals surface area contributed by atoms with Gasteiger partial charge in [0.15, 0.2) is 0 Å². The van der Waals surface area contributed by atoms with Crippen LogP contribution in [0.4, 0.5) is 0 Å². The number of nitrogens with one attached hydrogen (secondary N) is 2. The third kappa shape index (κ3) is 5.93. The van der Waals surface area contributed by atoms with Crippen LogP contribution in [0.5, 0.6) is 0 Å². The molecule has 0 saturated carbocycles. The van der Waals surface area contributed by atoms with Crippen LogP contribution in [0.25, 0.3) is 0 Å². The third-order valence-electron chi connectivity index (χ3n) is 3.28. The Morgan fingerprint density at radius 1 is 1.19 bits per heavy atom. The quantitative estimate of drug-likeness (QED) is 0.543. The first-order chi connectivity index (χ1) is 9.91. The highest BCUT2D eigenvalue weighted by molar-refractivity contribution is 5.72. The van der Waals surface area contributed by atoms with Gasteiger partial charge in [-0.25, -0.2) is 0 Å². The second-order valence-corrected chi connectivity index (χ2v) is 5.07. The number of benzene rings is 1. The Balaban J connectivity index is 2.64. The summed E-state index contributed by atoms with van der Waals surface area (Å²) in [7, 11) is 0. The van der Waals surface area contributed by atoms with Crippen molar-refractivity contribution in [2.75, 3.05) is 13.1 Å². The number of carbonyl (C=O) groups is 2. The maximum atomic E-state index is 10.8. The Bertz CT molecular complexity index is 490. The summed E-state index contributed by atoms with van der Waals surface area (Å²) < 4.78 is 0. The maximum absolute atomic E-state index is 10.8. The van der Waals surface area contributed by atoms with Crippen molar-refractivity contribution < 1.29 is 19.8 Å². The van der Waals surface area contributed by atoms with Crippen LogP contribution in [-0.2, 0) is 16.1 Å². The number of carboxylic acid groups (broad SMARTS) is 2. The molecule has 0 spiro atoms. The summed E-state index contributed by atoms with van der Waals surface area (Å²) in [6.45, 7) is 4.55. The van der Waals surface area contributed by atoms with E-state index in [-0.39, 0.29) is 12.5 Å². The lowest BCUT2D eigenvalue weighted by Gasteiger charge is -2.19. The van der Waals surface area contributed by atoms with Crippen molar-refractivity contribution in [1.29, 1.82) is 0 Å². The van der Waals surface area contributed by atoms with Crippen molar-refractivity contribution in [2.45, 2.75) is 32.4 Å². The highest BCUT2D eigenvalue weighted by Gasteiger charge is 2.14. The zero-order valence-corrected chi connectivity index (χ0v) is 12.3. The molecule has 1 rings (SSSR count). The fourth-order valence-corrected chi connectivity index (χ4v) is 2.03. The van der Waals surface area contributed by atoms with Gasteiger partial charge in [0.2, 0.25) is 0 Å². The molecule has 0 aliphatic carbocycles. The topological polar surface area (TPSA) is 98.7 Å². The van der Waals surface area contributed by atoms with Gasteiger partial charge in [-0.05, 0) is 24.0 Å². The average Bonchev–Trinajstić information content (AvgIpc) is 2.44. The highest BCUT2D eigenvalue weighted by atomic mass is 16.4.